The van der Waals surface area contributed by atoms with Gasteiger partial charge < -0.3 is 14.2 Å². The molecule has 1 unspecified atom stereocenters. The summed E-state index contributed by atoms with van der Waals surface area (Å²) in [6.45, 7) is 3.75. The number of fused-ring (bicyclic) bond motifs is 1. The second kappa shape index (κ2) is 7.75. The number of carbonyl (C=O) groups excluding carboxylic acids is 1. The van der Waals surface area contributed by atoms with E-state index >= 15 is 0 Å². The SMILES string of the molecule is CCOc1nc(C(=O)Oc2ccccc2)cn2cc(C3CCCOC3)nc12. The fraction of sp³-hybridized carbons (Fsp3) is 0.350. The number of carbonyl (C=O) groups is 1. The molecule has 1 aliphatic rings. The largest absolute Gasteiger partial charge is 0.475 e. The van der Waals surface area contributed by atoms with Crippen LogP contribution in [0.4, 0.5) is 0 Å². The average Bonchev–Trinajstić information content (AvgIpc) is 3.14. The number of imidazole rings is 1. The fourth-order valence-corrected chi connectivity index (χ4v) is 3.14. The summed E-state index contributed by atoms with van der Waals surface area (Å²) in [4.78, 5) is 21.5. The van der Waals surface area contributed by atoms with Crippen molar-refractivity contribution >= 4 is 11.6 Å². The molecule has 1 atom stereocenters. The van der Waals surface area contributed by atoms with Gasteiger partial charge in [-0.2, -0.15) is 0 Å². The second-order valence-corrected chi connectivity index (χ2v) is 6.38. The van der Waals surface area contributed by atoms with E-state index in [0.29, 0.717) is 30.5 Å². The molecule has 0 N–H and O–H groups in total. The Morgan fingerprint density at radius 3 is 2.85 bits per heavy atom. The molecule has 7 nitrogen and oxygen atoms in total. The first kappa shape index (κ1) is 17.5. The Bertz CT molecular complexity index is 933. The van der Waals surface area contributed by atoms with E-state index < -0.39 is 5.97 Å². The lowest BCUT2D eigenvalue weighted by molar-refractivity contribution is 0.0726. The highest BCUT2D eigenvalue weighted by Gasteiger charge is 2.22. The highest BCUT2D eigenvalue weighted by atomic mass is 16.5. The van der Waals surface area contributed by atoms with E-state index in [2.05, 4.69) is 9.97 Å². The van der Waals surface area contributed by atoms with Crippen molar-refractivity contribution in [3.8, 4) is 11.6 Å². The lowest BCUT2D eigenvalue weighted by Crippen LogP contribution is -2.15. The van der Waals surface area contributed by atoms with Crippen LogP contribution in [-0.4, -0.2) is 40.2 Å². The summed E-state index contributed by atoms with van der Waals surface area (Å²) in [6.07, 6.45) is 5.59. The van der Waals surface area contributed by atoms with Crippen LogP contribution >= 0.6 is 0 Å². The van der Waals surface area contributed by atoms with E-state index in [9.17, 15) is 4.79 Å². The van der Waals surface area contributed by atoms with Crippen LogP contribution in [0.1, 0.15) is 41.9 Å². The Kier molecular flexibility index (Phi) is 5.02. The van der Waals surface area contributed by atoms with Crippen LogP contribution in [0, 0.1) is 0 Å². The van der Waals surface area contributed by atoms with Crippen LogP contribution in [0.15, 0.2) is 42.7 Å². The van der Waals surface area contributed by atoms with Crippen molar-refractivity contribution in [3.05, 3.63) is 54.1 Å². The molecule has 0 aliphatic carbocycles. The molecular weight excluding hydrogens is 346 g/mol. The fourth-order valence-electron chi connectivity index (χ4n) is 3.14. The normalized spacial score (nSPS) is 17.0. The predicted molar refractivity (Wildman–Crippen MR) is 98.4 cm³/mol. The zero-order chi connectivity index (χ0) is 18.6. The van der Waals surface area contributed by atoms with Gasteiger partial charge in [-0.3, -0.25) is 4.40 Å². The maximum Gasteiger partial charge on any atom is 0.364 e. The van der Waals surface area contributed by atoms with Crippen molar-refractivity contribution in [2.75, 3.05) is 19.8 Å². The van der Waals surface area contributed by atoms with Crippen LogP contribution in [0.5, 0.6) is 11.6 Å². The number of benzene rings is 1. The third kappa shape index (κ3) is 3.78. The molecule has 1 saturated heterocycles. The van der Waals surface area contributed by atoms with E-state index in [0.717, 1.165) is 25.1 Å². The van der Waals surface area contributed by atoms with E-state index in [4.69, 9.17) is 14.2 Å². The minimum Gasteiger partial charge on any atom is -0.475 e. The summed E-state index contributed by atoms with van der Waals surface area (Å²) < 4.78 is 18.4. The molecule has 7 heteroatoms. The molecule has 1 fully saturated rings. The maximum atomic E-state index is 12.5. The third-order valence-electron chi connectivity index (χ3n) is 4.45. The van der Waals surface area contributed by atoms with Gasteiger partial charge in [0, 0.05) is 24.9 Å². The monoisotopic (exact) mass is 367 g/mol. The molecule has 1 aromatic carbocycles. The Morgan fingerprint density at radius 1 is 1.26 bits per heavy atom. The van der Waals surface area contributed by atoms with Crippen LogP contribution in [0.3, 0.4) is 0 Å². The number of hydrogen-bond donors (Lipinski definition) is 0. The van der Waals surface area contributed by atoms with Gasteiger partial charge in [0.2, 0.25) is 5.65 Å². The van der Waals surface area contributed by atoms with Crippen LogP contribution < -0.4 is 9.47 Å². The molecule has 2 aromatic heterocycles. The number of esters is 1. The molecule has 0 radical (unpaired) electrons. The van der Waals surface area contributed by atoms with Crippen molar-refractivity contribution in [2.24, 2.45) is 0 Å². The van der Waals surface area contributed by atoms with Gasteiger partial charge in [0.05, 0.1) is 18.9 Å². The number of para-hydroxylation sites is 1. The smallest absolute Gasteiger partial charge is 0.364 e. The lowest BCUT2D eigenvalue weighted by atomic mass is 9.99. The summed E-state index contributed by atoms with van der Waals surface area (Å²) in [5.74, 6) is 0.490. The molecule has 4 rings (SSSR count). The first-order valence-electron chi connectivity index (χ1n) is 9.12. The van der Waals surface area contributed by atoms with Crippen molar-refractivity contribution in [1.29, 1.82) is 0 Å². The molecule has 3 heterocycles. The Labute approximate surface area is 156 Å². The Balaban J connectivity index is 1.67. The Hall–Kier alpha value is -2.93. The summed E-state index contributed by atoms with van der Waals surface area (Å²) in [6, 6.07) is 8.91. The van der Waals surface area contributed by atoms with Gasteiger partial charge >= 0.3 is 5.97 Å². The average molecular weight is 367 g/mol. The van der Waals surface area contributed by atoms with Gasteiger partial charge in [-0.05, 0) is 31.9 Å². The molecule has 0 bridgehead atoms. The number of hydrogen-bond acceptors (Lipinski definition) is 6. The number of aromatic nitrogens is 3. The molecule has 1 aliphatic heterocycles. The highest BCUT2D eigenvalue weighted by Crippen LogP contribution is 2.27. The third-order valence-corrected chi connectivity index (χ3v) is 4.45. The van der Waals surface area contributed by atoms with Gasteiger partial charge in [0.1, 0.15) is 5.75 Å². The van der Waals surface area contributed by atoms with Gasteiger partial charge in [-0.1, -0.05) is 18.2 Å². The van der Waals surface area contributed by atoms with Crippen molar-refractivity contribution in [1.82, 2.24) is 14.4 Å². The molecule has 0 amide bonds. The first-order valence-corrected chi connectivity index (χ1v) is 9.12. The zero-order valence-electron chi connectivity index (χ0n) is 15.1. The van der Waals surface area contributed by atoms with E-state index in [1.165, 1.54) is 0 Å². The quantitative estimate of drug-likeness (QED) is 0.509. The van der Waals surface area contributed by atoms with Gasteiger partial charge in [-0.15, -0.1) is 0 Å². The lowest BCUT2D eigenvalue weighted by Gasteiger charge is -2.19. The van der Waals surface area contributed by atoms with Crippen LogP contribution in [0.2, 0.25) is 0 Å². The molecular formula is C20H21N3O4. The molecule has 0 spiro atoms. The molecule has 0 saturated carbocycles. The van der Waals surface area contributed by atoms with Crippen molar-refractivity contribution in [2.45, 2.75) is 25.7 Å². The first-order chi connectivity index (χ1) is 13.2. The molecule has 140 valence electrons. The zero-order valence-corrected chi connectivity index (χ0v) is 15.1. The number of nitrogens with zero attached hydrogens (tertiary/aromatic N) is 3. The van der Waals surface area contributed by atoms with Gasteiger partial charge in [0.25, 0.3) is 5.88 Å². The minimum absolute atomic E-state index is 0.165. The van der Waals surface area contributed by atoms with Gasteiger partial charge in [-0.25, -0.2) is 14.8 Å². The minimum atomic E-state index is -0.541. The van der Waals surface area contributed by atoms with E-state index in [1.807, 2.05) is 19.2 Å². The topological polar surface area (TPSA) is 75.0 Å². The summed E-state index contributed by atoms with van der Waals surface area (Å²) in [7, 11) is 0. The Morgan fingerprint density at radius 2 is 2.11 bits per heavy atom. The second-order valence-electron chi connectivity index (χ2n) is 6.38. The van der Waals surface area contributed by atoms with Crippen molar-refractivity contribution in [3.63, 3.8) is 0 Å². The molecule has 3 aromatic rings. The number of rotatable bonds is 5. The summed E-state index contributed by atoms with van der Waals surface area (Å²) >= 11 is 0. The van der Waals surface area contributed by atoms with Crippen molar-refractivity contribution < 1.29 is 19.0 Å². The summed E-state index contributed by atoms with van der Waals surface area (Å²) in [5, 5.41) is 0. The maximum absolute atomic E-state index is 12.5. The standard InChI is InChI=1S/C20H21N3O4/c1-2-26-19-18-21-16(14-7-6-10-25-13-14)11-23(18)12-17(22-19)20(24)27-15-8-4-3-5-9-15/h3-5,8-9,11-12,14H,2,6-7,10,13H2,1H3. The van der Waals surface area contributed by atoms with Crippen LogP contribution in [-0.2, 0) is 4.74 Å². The number of ether oxygens (including phenoxy) is 3. The van der Waals surface area contributed by atoms with E-state index in [1.54, 1.807) is 34.9 Å². The predicted octanol–water partition coefficient (Wildman–Crippen LogP) is 3.24. The van der Waals surface area contributed by atoms with E-state index in [-0.39, 0.29) is 11.6 Å². The summed E-state index contributed by atoms with van der Waals surface area (Å²) in [5.41, 5.74) is 1.68. The highest BCUT2D eigenvalue weighted by molar-refractivity contribution is 5.89. The van der Waals surface area contributed by atoms with Crippen LogP contribution in [0.25, 0.3) is 5.65 Å². The molecule has 27 heavy (non-hydrogen) atoms. The van der Waals surface area contributed by atoms with Gasteiger partial charge in [0.15, 0.2) is 5.69 Å².